The van der Waals surface area contributed by atoms with Gasteiger partial charge in [-0.1, -0.05) is 0 Å². The van der Waals surface area contributed by atoms with E-state index in [0.29, 0.717) is 24.3 Å². The van der Waals surface area contributed by atoms with Gasteiger partial charge >= 0.3 is 0 Å². The molecule has 1 aliphatic heterocycles. The number of fused-ring (bicyclic) bond motifs is 1. The molecule has 2 heterocycles. The van der Waals surface area contributed by atoms with Gasteiger partial charge in [0.25, 0.3) is 5.92 Å². The minimum absolute atomic E-state index is 0.0716. The van der Waals surface area contributed by atoms with E-state index in [1.807, 2.05) is 0 Å². The lowest BCUT2D eigenvalue weighted by Gasteiger charge is -2.24. The molecule has 1 aliphatic carbocycles. The van der Waals surface area contributed by atoms with Gasteiger partial charge in [-0.15, -0.1) is 0 Å². The monoisotopic (exact) mass is 213 g/mol. The molecule has 1 aromatic heterocycles. The molecule has 15 heavy (non-hydrogen) atoms. The van der Waals surface area contributed by atoms with Crippen LogP contribution in [0.25, 0.3) is 0 Å². The molecule has 2 N–H and O–H groups in total. The Hall–Kier alpha value is -1.13. The minimum atomic E-state index is -2.74. The van der Waals surface area contributed by atoms with Gasteiger partial charge in [0.05, 0.1) is 0 Å². The normalized spacial score (nSPS) is 23.9. The molecule has 1 aromatic rings. The van der Waals surface area contributed by atoms with E-state index in [9.17, 15) is 8.78 Å². The molecule has 3 rings (SSSR count). The maximum Gasteiger partial charge on any atom is 0.289 e. The van der Waals surface area contributed by atoms with Crippen molar-refractivity contribution in [2.75, 3.05) is 5.73 Å². The van der Waals surface area contributed by atoms with E-state index in [4.69, 9.17) is 5.73 Å². The highest BCUT2D eigenvalue weighted by atomic mass is 19.3. The van der Waals surface area contributed by atoms with Crippen molar-refractivity contribution in [3.8, 4) is 0 Å². The molecule has 0 spiro atoms. The number of anilines is 1. The van der Waals surface area contributed by atoms with Gasteiger partial charge in [0.2, 0.25) is 0 Å². The number of aromatic nitrogens is 2. The zero-order valence-electron chi connectivity index (χ0n) is 8.34. The maximum atomic E-state index is 13.7. The lowest BCUT2D eigenvalue weighted by Crippen LogP contribution is -2.26. The summed E-state index contributed by atoms with van der Waals surface area (Å²) < 4.78 is 28.9. The first-order valence-electron chi connectivity index (χ1n) is 5.34. The van der Waals surface area contributed by atoms with Crippen LogP contribution in [-0.2, 0) is 12.5 Å². The van der Waals surface area contributed by atoms with Crippen molar-refractivity contribution in [3.63, 3.8) is 0 Å². The van der Waals surface area contributed by atoms with E-state index in [1.54, 1.807) is 0 Å². The predicted molar refractivity (Wildman–Crippen MR) is 51.7 cm³/mol. The van der Waals surface area contributed by atoms with E-state index in [2.05, 4.69) is 5.10 Å². The lowest BCUT2D eigenvalue weighted by molar-refractivity contribution is -0.0373. The van der Waals surface area contributed by atoms with Crippen LogP contribution < -0.4 is 5.73 Å². The van der Waals surface area contributed by atoms with E-state index in [1.165, 1.54) is 4.68 Å². The van der Waals surface area contributed by atoms with Crippen LogP contribution in [0.5, 0.6) is 0 Å². The van der Waals surface area contributed by atoms with E-state index < -0.39 is 5.92 Å². The largest absolute Gasteiger partial charge is 0.382 e. The Bertz CT molecular complexity index is 407. The molecule has 0 bridgehead atoms. The Morgan fingerprint density at radius 3 is 2.80 bits per heavy atom. The summed E-state index contributed by atoms with van der Waals surface area (Å²) in [7, 11) is 0. The molecule has 0 amide bonds. The van der Waals surface area contributed by atoms with Crippen LogP contribution in [0.1, 0.15) is 42.9 Å². The summed E-state index contributed by atoms with van der Waals surface area (Å²) in [6, 6.07) is 0. The molecule has 0 aromatic carbocycles. The van der Waals surface area contributed by atoms with Crippen molar-refractivity contribution < 1.29 is 8.78 Å². The van der Waals surface area contributed by atoms with Gasteiger partial charge < -0.3 is 5.73 Å². The molecule has 0 saturated heterocycles. The van der Waals surface area contributed by atoms with Crippen molar-refractivity contribution in [1.29, 1.82) is 0 Å². The standard InChI is InChI=1S/C10H13F2N3/c11-10(12)4-1-5-15-8(10)7(6-2-3-6)9(13)14-15/h6H,1-5H2,(H2,13,14). The van der Waals surface area contributed by atoms with E-state index >= 15 is 0 Å². The third-order valence-corrected chi connectivity index (χ3v) is 3.21. The molecule has 0 radical (unpaired) electrons. The highest BCUT2D eigenvalue weighted by Gasteiger charge is 2.45. The van der Waals surface area contributed by atoms with Crippen molar-refractivity contribution in [2.45, 2.75) is 44.1 Å². The number of nitrogens with two attached hydrogens (primary N) is 1. The smallest absolute Gasteiger partial charge is 0.289 e. The molecule has 0 unspecified atom stereocenters. The minimum Gasteiger partial charge on any atom is -0.382 e. The zero-order chi connectivity index (χ0) is 10.6. The molecule has 0 atom stereocenters. The summed E-state index contributed by atoms with van der Waals surface area (Å²) in [5, 5.41) is 4.02. The summed E-state index contributed by atoms with van der Waals surface area (Å²) in [6.07, 6.45) is 2.35. The second kappa shape index (κ2) is 2.71. The fraction of sp³-hybridized carbons (Fsp3) is 0.700. The fourth-order valence-corrected chi connectivity index (χ4v) is 2.39. The molecule has 3 nitrogen and oxygen atoms in total. The molecule has 5 heteroatoms. The molecule has 2 aliphatic rings. The number of alkyl halides is 2. The Labute approximate surface area is 86.3 Å². The van der Waals surface area contributed by atoms with Crippen LogP contribution in [0.2, 0.25) is 0 Å². The fourth-order valence-electron chi connectivity index (χ4n) is 2.39. The summed E-state index contributed by atoms with van der Waals surface area (Å²) in [4.78, 5) is 0. The van der Waals surface area contributed by atoms with Gasteiger partial charge in [0.15, 0.2) is 0 Å². The number of nitrogen functional groups attached to an aromatic ring is 1. The zero-order valence-corrected chi connectivity index (χ0v) is 8.34. The molecule has 1 fully saturated rings. The van der Waals surface area contributed by atoms with Gasteiger partial charge in [-0.25, -0.2) is 0 Å². The van der Waals surface area contributed by atoms with Gasteiger partial charge in [0.1, 0.15) is 11.5 Å². The highest BCUT2D eigenvalue weighted by molar-refractivity contribution is 5.49. The summed E-state index contributed by atoms with van der Waals surface area (Å²) in [5.74, 6) is -2.19. The van der Waals surface area contributed by atoms with E-state index in [0.717, 1.165) is 12.8 Å². The highest BCUT2D eigenvalue weighted by Crippen LogP contribution is 2.50. The summed E-state index contributed by atoms with van der Waals surface area (Å²) in [5.41, 5.74) is 6.43. The molecular weight excluding hydrogens is 200 g/mol. The quantitative estimate of drug-likeness (QED) is 0.777. The van der Waals surface area contributed by atoms with Crippen LogP contribution >= 0.6 is 0 Å². The molecule has 1 saturated carbocycles. The predicted octanol–water partition coefficient (Wildman–Crippen LogP) is 2.23. The summed E-state index contributed by atoms with van der Waals surface area (Å²) >= 11 is 0. The van der Waals surface area contributed by atoms with Gasteiger partial charge in [0, 0.05) is 18.5 Å². The van der Waals surface area contributed by atoms with Gasteiger partial charge in [-0.05, 0) is 25.2 Å². The SMILES string of the molecule is Nc1nn2c(c1C1CC1)C(F)(F)CCC2. The topological polar surface area (TPSA) is 43.8 Å². The van der Waals surface area contributed by atoms with Crippen LogP contribution in [0.3, 0.4) is 0 Å². The van der Waals surface area contributed by atoms with Crippen LogP contribution in [0.15, 0.2) is 0 Å². The third kappa shape index (κ3) is 1.25. The molecule has 82 valence electrons. The average molecular weight is 213 g/mol. The van der Waals surface area contributed by atoms with Gasteiger partial charge in [-0.3, -0.25) is 4.68 Å². The van der Waals surface area contributed by atoms with Gasteiger partial charge in [-0.2, -0.15) is 13.9 Å². The Morgan fingerprint density at radius 2 is 2.13 bits per heavy atom. The second-order valence-electron chi connectivity index (χ2n) is 4.45. The number of hydrogen-bond acceptors (Lipinski definition) is 2. The summed E-state index contributed by atoms with van der Waals surface area (Å²) in [6.45, 7) is 0.571. The van der Waals surface area contributed by atoms with Crippen molar-refractivity contribution in [1.82, 2.24) is 9.78 Å². The number of hydrogen-bond donors (Lipinski definition) is 1. The lowest BCUT2D eigenvalue weighted by atomic mass is 9.99. The Morgan fingerprint density at radius 1 is 1.40 bits per heavy atom. The van der Waals surface area contributed by atoms with Crippen LogP contribution in [0, 0.1) is 0 Å². The third-order valence-electron chi connectivity index (χ3n) is 3.21. The van der Waals surface area contributed by atoms with Crippen LogP contribution in [0.4, 0.5) is 14.6 Å². The Balaban J connectivity index is 2.18. The van der Waals surface area contributed by atoms with E-state index in [-0.39, 0.29) is 18.0 Å². The van der Waals surface area contributed by atoms with Crippen molar-refractivity contribution in [3.05, 3.63) is 11.3 Å². The van der Waals surface area contributed by atoms with Crippen molar-refractivity contribution in [2.24, 2.45) is 0 Å². The first-order valence-corrected chi connectivity index (χ1v) is 5.34. The number of halogens is 2. The Kier molecular flexibility index (Phi) is 1.65. The first-order chi connectivity index (χ1) is 7.09. The van der Waals surface area contributed by atoms with Crippen molar-refractivity contribution >= 4 is 5.82 Å². The number of nitrogens with zero attached hydrogens (tertiary/aromatic N) is 2. The number of rotatable bonds is 1. The molecular formula is C10H13F2N3. The maximum absolute atomic E-state index is 13.7. The second-order valence-corrected chi connectivity index (χ2v) is 4.45. The first kappa shape index (κ1) is 9.12. The van der Waals surface area contributed by atoms with Crippen LogP contribution in [-0.4, -0.2) is 9.78 Å². The average Bonchev–Trinajstić information content (AvgIpc) is 2.89. The number of aryl methyl sites for hydroxylation is 1.